The monoisotopic (exact) mass is 240 g/mol. The van der Waals surface area contributed by atoms with E-state index in [1.54, 1.807) is 13.1 Å². The summed E-state index contributed by atoms with van der Waals surface area (Å²) >= 11 is 0. The third-order valence-electron chi connectivity index (χ3n) is 3.12. The molecule has 96 valence electrons. The summed E-state index contributed by atoms with van der Waals surface area (Å²) in [5.41, 5.74) is 0. The van der Waals surface area contributed by atoms with Gasteiger partial charge in [-0.05, 0) is 18.8 Å². The van der Waals surface area contributed by atoms with Gasteiger partial charge in [0.25, 0.3) is 0 Å². The van der Waals surface area contributed by atoms with Crippen LogP contribution in [-0.4, -0.2) is 53.1 Å². The minimum atomic E-state index is -0.920. The highest BCUT2D eigenvalue weighted by molar-refractivity contribution is 5.82. The maximum Gasteiger partial charge on any atom is 0.326 e. The summed E-state index contributed by atoms with van der Waals surface area (Å²) in [6.07, 6.45) is 3.01. The lowest BCUT2D eigenvalue weighted by molar-refractivity contribution is -0.144. The second kappa shape index (κ2) is 5.70. The molecular formula is C12H20N2O3. The molecule has 0 aromatic heterocycles. The Bertz CT molecular complexity index is 317. The van der Waals surface area contributed by atoms with E-state index < -0.39 is 12.0 Å². The SMILES string of the molecule is C=CCN(C)C(=O)N1CCC(C)CC1C(=O)O. The number of amides is 2. The van der Waals surface area contributed by atoms with Crippen molar-refractivity contribution in [2.75, 3.05) is 20.1 Å². The number of carboxylic acids is 1. The molecule has 1 rings (SSSR count). The minimum absolute atomic E-state index is 0.232. The van der Waals surface area contributed by atoms with Crippen molar-refractivity contribution in [1.29, 1.82) is 0 Å². The third-order valence-corrected chi connectivity index (χ3v) is 3.12. The molecule has 1 heterocycles. The van der Waals surface area contributed by atoms with Gasteiger partial charge in [0.1, 0.15) is 6.04 Å². The van der Waals surface area contributed by atoms with Crippen LogP contribution in [0.2, 0.25) is 0 Å². The molecule has 2 amide bonds. The Kier molecular flexibility index (Phi) is 4.54. The van der Waals surface area contributed by atoms with Gasteiger partial charge in [-0.3, -0.25) is 0 Å². The number of aliphatic carboxylic acids is 1. The molecule has 1 fully saturated rings. The lowest BCUT2D eigenvalue weighted by Crippen LogP contribution is -2.53. The highest BCUT2D eigenvalue weighted by atomic mass is 16.4. The maximum absolute atomic E-state index is 12.1. The molecule has 2 unspecified atom stereocenters. The summed E-state index contributed by atoms with van der Waals surface area (Å²) in [5.74, 6) is -0.568. The molecular weight excluding hydrogens is 220 g/mol. The lowest BCUT2D eigenvalue weighted by Gasteiger charge is -2.37. The molecule has 0 aromatic carbocycles. The Morgan fingerprint density at radius 3 is 2.76 bits per heavy atom. The van der Waals surface area contributed by atoms with Crippen LogP contribution in [-0.2, 0) is 4.79 Å². The van der Waals surface area contributed by atoms with Crippen LogP contribution in [0.1, 0.15) is 19.8 Å². The second-order valence-electron chi connectivity index (χ2n) is 4.63. The minimum Gasteiger partial charge on any atom is -0.480 e. The van der Waals surface area contributed by atoms with Gasteiger partial charge in [0.15, 0.2) is 0 Å². The van der Waals surface area contributed by atoms with E-state index in [2.05, 4.69) is 6.58 Å². The first-order chi connectivity index (χ1) is 7.97. The van der Waals surface area contributed by atoms with Crippen molar-refractivity contribution in [1.82, 2.24) is 9.80 Å². The Morgan fingerprint density at radius 1 is 1.59 bits per heavy atom. The number of carbonyl (C=O) groups is 2. The van der Waals surface area contributed by atoms with E-state index in [1.165, 1.54) is 9.80 Å². The van der Waals surface area contributed by atoms with Crippen LogP contribution in [0, 0.1) is 5.92 Å². The molecule has 5 heteroatoms. The Morgan fingerprint density at radius 2 is 2.24 bits per heavy atom. The van der Waals surface area contributed by atoms with Crippen molar-refractivity contribution in [3.05, 3.63) is 12.7 Å². The summed E-state index contributed by atoms with van der Waals surface area (Å²) in [5, 5.41) is 9.15. The first-order valence-corrected chi connectivity index (χ1v) is 5.82. The average Bonchev–Trinajstić information content (AvgIpc) is 2.28. The zero-order valence-electron chi connectivity index (χ0n) is 10.4. The van der Waals surface area contributed by atoms with Gasteiger partial charge in [-0.1, -0.05) is 13.0 Å². The topological polar surface area (TPSA) is 60.9 Å². The van der Waals surface area contributed by atoms with Crippen LogP contribution in [0.15, 0.2) is 12.7 Å². The summed E-state index contributed by atoms with van der Waals surface area (Å²) < 4.78 is 0. The predicted octanol–water partition coefficient (Wildman–Crippen LogP) is 1.41. The fourth-order valence-electron chi connectivity index (χ4n) is 2.10. The number of hydrogen-bond acceptors (Lipinski definition) is 2. The van der Waals surface area contributed by atoms with E-state index >= 15 is 0 Å². The van der Waals surface area contributed by atoms with Crippen molar-refractivity contribution in [2.24, 2.45) is 5.92 Å². The van der Waals surface area contributed by atoms with Crippen LogP contribution < -0.4 is 0 Å². The molecule has 1 aliphatic heterocycles. The first-order valence-electron chi connectivity index (χ1n) is 5.82. The van der Waals surface area contributed by atoms with Gasteiger partial charge in [-0.15, -0.1) is 6.58 Å². The zero-order valence-corrected chi connectivity index (χ0v) is 10.4. The smallest absolute Gasteiger partial charge is 0.326 e. The van der Waals surface area contributed by atoms with Crippen molar-refractivity contribution in [3.8, 4) is 0 Å². The maximum atomic E-state index is 12.1. The van der Waals surface area contributed by atoms with Gasteiger partial charge in [-0.2, -0.15) is 0 Å². The zero-order chi connectivity index (χ0) is 13.0. The highest BCUT2D eigenvalue weighted by Gasteiger charge is 2.35. The largest absolute Gasteiger partial charge is 0.480 e. The molecule has 2 atom stereocenters. The van der Waals surface area contributed by atoms with Crippen LogP contribution in [0.5, 0.6) is 0 Å². The van der Waals surface area contributed by atoms with Gasteiger partial charge in [0, 0.05) is 20.1 Å². The number of nitrogens with zero attached hydrogens (tertiary/aromatic N) is 2. The quantitative estimate of drug-likeness (QED) is 0.759. The standard InChI is InChI=1S/C12H20N2O3/c1-4-6-13(3)12(17)14-7-5-9(2)8-10(14)11(15)16/h4,9-10H,1,5-8H2,2-3H3,(H,15,16). The number of hydrogen-bond donors (Lipinski definition) is 1. The van der Waals surface area contributed by atoms with E-state index in [4.69, 9.17) is 5.11 Å². The van der Waals surface area contributed by atoms with E-state index in [-0.39, 0.29) is 6.03 Å². The average molecular weight is 240 g/mol. The second-order valence-corrected chi connectivity index (χ2v) is 4.63. The summed E-state index contributed by atoms with van der Waals surface area (Å²) in [6, 6.07) is -0.928. The first kappa shape index (κ1) is 13.5. The molecule has 0 radical (unpaired) electrons. The van der Waals surface area contributed by atoms with E-state index in [0.29, 0.717) is 25.4 Å². The number of urea groups is 1. The van der Waals surface area contributed by atoms with Crippen LogP contribution in [0.25, 0.3) is 0 Å². The van der Waals surface area contributed by atoms with Crippen molar-refractivity contribution in [2.45, 2.75) is 25.8 Å². The molecule has 0 saturated carbocycles. The van der Waals surface area contributed by atoms with Crippen LogP contribution in [0.3, 0.4) is 0 Å². The molecule has 0 aromatic rings. The van der Waals surface area contributed by atoms with Gasteiger partial charge >= 0.3 is 12.0 Å². The molecule has 1 aliphatic rings. The van der Waals surface area contributed by atoms with Crippen LogP contribution in [0.4, 0.5) is 4.79 Å². The molecule has 5 nitrogen and oxygen atoms in total. The third kappa shape index (κ3) is 3.22. The summed E-state index contributed by atoms with van der Waals surface area (Å²) in [7, 11) is 1.65. The van der Waals surface area contributed by atoms with E-state index in [1.807, 2.05) is 6.92 Å². The normalized spacial score (nSPS) is 24.2. The summed E-state index contributed by atoms with van der Waals surface area (Å²) in [6.45, 7) is 6.52. The highest BCUT2D eigenvalue weighted by Crippen LogP contribution is 2.23. The van der Waals surface area contributed by atoms with Gasteiger partial charge in [0.05, 0.1) is 0 Å². The molecule has 1 saturated heterocycles. The van der Waals surface area contributed by atoms with Crippen molar-refractivity contribution < 1.29 is 14.7 Å². The number of likely N-dealkylation sites (tertiary alicyclic amines) is 1. The fourth-order valence-corrected chi connectivity index (χ4v) is 2.10. The fraction of sp³-hybridized carbons (Fsp3) is 0.667. The number of likely N-dealkylation sites (N-methyl/N-ethyl adjacent to an activating group) is 1. The molecule has 17 heavy (non-hydrogen) atoms. The molecule has 0 aliphatic carbocycles. The number of carbonyl (C=O) groups excluding carboxylic acids is 1. The predicted molar refractivity (Wildman–Crippen MR) is 64.8 cm³/mol. The lowest BCUT2D eigenvalue weighted by atomic mass is 9.93. The van der Waals surface area contributed by atoms with Gasteiger partial charge < -0.3 is 14.9 Å². The number of carboxylic acid groups (broad SMARTS) is 1. The Hall–Kier alpha value is -1.52. The van der Waals surface area contributed by atoms with Gasteiger partial charge in [-0.25, -0.2) is 9.59 Å². The molecule has 0 spiro atoms. The van der Waals surface area contributed by atoms with Crippen molar-refractivity contribution >= 4 is 12.0 Å². The van der Waals surface area contributed by atoms with E-state index in [0.717, 1.165) is 6.42 Å². The summed E-state index contributed by atoms with van der Waals surface area (Å²) in [4.78, 5) is 26.1. The van der Waals surface area contributed by atoms with Gasteiger partial charge in [0.2, 0.25) is 0 Å². The van der Waals surface area contributed by atoms with E-state index in [9.17, 15) is 9.59 Å². The molecule has 0 bridgehead atoms. The number of piperidine rings is 1. The van der Waals surface area contributed by atoms with Crippen LogP contribution >= 0.6 is 0 Å². The number of rotatable bonds is 3. The Balaban J connectivity index is 2.75. The molecule has 1 N–H and O–H groups in total. The Labute approximate surface area is 102 Å². The van der Waals surface area contributed by atoms with Crippen molar-refractivity contribution in [3.63, 3.8) is 0 Å².